The highest BCUT2D eigenvalue weighted by Crippen LogP contribution is 2.29. The van der Waals surface area contributed by atoms with E-state index < -0.39 is 11.9 Å². The second-order valence-electron chi connectivity index (χ2n) is 7.88. The van der Waals surface area contributed by atoms with Crippen molar-refractivity contribution in [2.24, 2.45) is 0 Å². The molecular weight excluding hydrogens is 440 g/mol. The van der Waals surface area contributed by atoms with Crippen LogP contribution in [0.5, 0.6) is 5.75 Å². The molecule has 0 saturated carbocycles. The smallest absolute Gasteiger partial charge is 0.257 e. The first-order valence-corrected chi connectivity index (χ1v) is 10.9. The average Bonchev–Trinajstić information content (AvgIpc) is 3.12. The zero-order valence-corrected chi connectivity index (χ0v) is 19.1. The minimum Gasteiger partial charge on any atom is -0.497 e. The van der Waals surface area contributed by atoms with E-state index in [9.17, 15) is 14.4 Å². The second-order valence-corrected chi connectivity index (χ2v) is 8.28. The van der Waals surface area contributed by atoms with Gasteiger partial charge in [-0.05, 0) is 55.0 Å². The van der Waals surface area contributed by atoms with Gasteiger partial charge < -0.3 is 9.64 Å². The molecular formula is C26H23ClN2O4. The van der Waals surface area contributed by atoms with Crippen LogP contribution in [0.2, 0.25) is 5.02 Å². The molecule has 1 aliphatic rings. The van der Waals surface area contributed by atoms with Crippen molar-refractivity contribution in [3.63, 3.8) is 0 Å². The zero-order chi connectivity index (χ0) is 23.5. The van der Waals surface area contributed by atoms with Crippen molar-refractivity contribution < 1.29 is 19.1 Å². The molecule has 1 heterocycles. The number of rotatable bonds is 6. The molecule has 1 fully saturated rings. The third-order valence-corrected chi connectivity index (χ3v) is 6.06. The molecule has 0 bridgehead atoms. The molecule has 7 heteroatoms. The van der Waals surface area contributed by atoms with Crippen molar-refractivity contribution in [1.82, 2.24) is 4.90 Å². The quantitative estimate of drug-likeness (QED) is 0.501. The van der Waals surface area contributed by atoms with Crippen molar-refractivity contribution >= 4 is 35.0 Å². The number of hydrogen-bond acceptors (Lipinski definition) is 4. The molecule has 0 N–H and O–H groups in total. The average molecular weight is 463 g/mol. The standard InChI is InChI=1S/C26H23ClN2O4/c1-17-7-11-20(12-8-17)29-24(30)15-23(26(29)32)28(16-19-5-3-4-6-22(19)27)25(31)18-9-13-21(33-2)14-10-18/h3-14,23H,15-16H2,1-2H3. The van der Waals surface area contributed by atoms with E-state index in [0.717, 1.165) is 10.5 Å². The maximum Gasteiger partial charge on any atom is 0.257 e. The minimum absolute atomic E-state index is 0.0932. The van der Waals surface area contributed by atoms with E-state index in [1.807, 2.05) is 25.1 Å². The maximum absolute atomic E-state index is 13.5. The summed E-state index contributed by atoms with van der Waals surface area (Å²) in [5.41, 5.74) is 2.59. The van der Waals surface area contributed by atoms with Crippen LogP contribution in [-0.2, 0) is 16.1 Å². The van der Waals surface area contributed by atoms with Gasteiger partial charge in [0.15, 0.2) is 0 Å². The van der Waals surface area contributed by atoms with Gasteiger partial charge in [0.25, 0.3) is 11.8 Å². The molecule has 3 aromatic carbocycles. The molecule has 6 nitrogen and oxygen atoms in total. The summed E-state index contributed by atoms with van der Waals surface area (Å²) in [6.45, 7) is 2.02. The van der Waals surface area contributed by atoms with Gasteiger partial charge in [0.1, 0.15) is 11.8 Å². The first kappa shape index (κ1) is 22.6. The Hall–Kier alpha value is -3.64. The maximum atomic E-state index is 13.5. The summed E-state index contributed by atoms with van der Waals surface area (Å²) in [5.74, 6) is -0.533. The van der Waals surface area contributed by atoms with Crippen molar-refractivity contribution in [3.05, 3.63) is 94.5 Å². The number of ether oxygens (including phenoxy) is 1. The first-order valence-electron chi connectivity index (χ1n) is 10.5. The van der Waals surface area contributed by atoms with Gasteiger partial charge in [0.2, 0.25) is 5.91 Å². The Morgan fingerprint density at radius 2 is 1.70 bits per heavy atom. The summed E-state index contributed by atoms with van der Waals surface area (Å²) in [6.07, 6.45) is -0.0982. The SMILES string of the molecule is COc1ccc(C(=O)N(Cc2ccccc2Cl)C2CC(=O)N(c3ccc(C)cc3)C2=O)cc1. The number of carbonyl (C=O) groups is 3. The van der Waals surface area contributed by atoms with Crippen LogP contribution in [0.4, 0.5) is 5.69 Å². The molecule has 33 heavy (non-hydrogen) atoms. The molecule has 1 saturated heterocycles. The molecule has 1 unspecified atom stereocenters. The molecule has 1 atom stereocenters. The van der Waals surface area contributed by atoms with Crippen LogP contribution in [0.3, 0.4) is 0 Å². The lowest BCUT2D eigenvalue weighted by molar-refractivity contribution is -0.122. The Bertz CT molecular complexity index is 1190. The number of anilines is 1. The van der Waals surface area contributed by atoms with Crippen molar-refractivity contribution in [2.75, 3.05) is 12.0 Å². The fraction of sp³-hybridized carbons (Fsp3) is 0.192. The monoisotopic (exact) mass is 462 g/mol. The van der Waals surface area contributed by atoms with E-state index in [4.69, 9.17) is 16.3 Å². The Kier molecular flexibility index (Phi) is 6.47. The van der Waals surface area contributed by atoms with Crippen molar-refractivity contribution in [2.45, 2.75) is 25.9 Å². The highest BCUT2D eigenvalue weighted by atomic mass is 35.5. The van der Waals surface area contributed by atoms with E-state index in [0.29, 0.717) is 27.6 Å². The van der Waals surface area contributed by atoms with Crippen LogP contribution in [0, 0.1) is 6.92 Å². The topological polar surface area (TPSA) is 66.9 Å². The van der Waals surface area contributed by atoms with Gasteiger partial charge in [0.05, 0.1) is 19.2 Å². The van der Waals surface area contributed by atoms with E-state index in [2.05, 4.69) is 0 Å². The summed E-state index contributed by atoms with van der Waals surface area (Å²) < 4.78 is 5.18. The fourth-order valence-corrected chi connectivity index (χ4v) is 4.05. The summed E-state index contributed by atoms with van der Waals surface area (Å²) in [4.78, 5) is 42.4. The predicted octanol–water partition coefficient (Wildman–Crippen LogP) is 4.63. The van der Waals surface area contributed by atoms with Gasteiger partial charge in [-0.1, -0.05) is 47.5 Å². The van der Waals surface area contributed by atoms with E-state index in [1.165, 1.54) is 4.90 Å². The number of imide groups is 1. The number of nitrogens with zero attached hydrogens (tertiary/aromatic N) is 2. The molecule has 3 aromatic rings. The molecule has 3 amide bonds. The fourth-order valence-electron chi connectivity index (χ4n) is 3.86. The van der Waals surface area contributed by atoms with Gasteiger partial charge in [-0.15, -0.1) is 0 Å². The number of hydrogen-bond donors (Lipinski definition) is 0. The second kappa shape index (κ2) is 9.46. The number of halogens is 1. The van der Waals surface area contributed by atoms with E-state index >= 15 is 0 Å². The number of methoxy groups -OCH3 is 1. The lowest BCUT2D eigenvalue weighted by atomic mass is 10.1. The van der Waals surface area contributed by atoms with Gasteiger partial charge in [-0.2, -0.15) is 0 Å². The number of aryl methyl sites for hydroxylation is 1. The lowest BCUT2D eigenvalue weighted by Crippen LogP contribution is -2.45. The highest BCUT2D eigenvalue weighted by molar-refractivity contribution is 6.31. The molecule has 4 rings (SSSR count). The lowest BCUT2D eigenvalue weighted by Gasteiger charge is -2.28. The summed E-state index contributed by atoms with van der Waals surface area (Å²) in [6, 6.07) is 20.0. The highest BCUT2D eigenvalue weighted by Gasteiger charge is 2.44. The van der Waals surface area contributed by atoms with Crippen LogP contribution in [0.25, 0.3) is 0 Å². The Morgan fingerprint density at radius 3 is 2.33 bits per heavy atom. The molecule has 168 valence electrons. The summed E-state index contributed by atoms with van der Waals surface area (Å²) in [7, 11) is 1.54. The van der Waals surface area contributed by atoms with Crippen LogP contribution >= 0.6 is 11.6 Å². The summed E-state index contributed by atoms with van der Waals surface area (Å²) >= 11 is 6.35. The van der Waals surface area contributed by atoms with Crippen LogP contribution in [0.15, 0.2) is 72.8 Å². The van der Waals surface area contributed by atoms with Crippen LogP contribution in [-0.4, -0.2) is 35.8 Å². The van der Waals surface area contributed by atoms with Gasteiger partial charge in [-0.25, -0.2) is 4.90 Å². The van der Waals surface area contributed by atoms with E-state index in [1.54, 1.807) is 61.7 Å². The summed E-state index contributed by atoms with van der Waals surface area (Å²) in [5, 5.41) is 0.484. The van der Waals surface area contributed by atoms with Crippen LogP contribution in [0.1, 0.15) is 27.9 Å². The normalized spacial score (nSPS) is 15.6. The number of benzene rings is 3. The molecule has 1 aliphatic heterocycles. The Balaban J connectivity index is 1.69. The number of carbonyl (C=O) groups excluding carboxylic acids is 3. The third kappa shape index (κ3) is 4.61. The molecule has 0 radical (unpaired) electrons. The third-order valence-electron chi connectivity index (χ3n) is 5.69. The van der Waals surface area contributed by atoms with E-state index in [-0.39, 0.29) is 24.8 Å². The Morgan fingerprint density at radius 1 is 1.03 bits per heavy atom. The largest absolute Gasteiger partial charge is 0.497 e. The van der Waals surface area contributed by atoms with Crippen molar-refractivity contribution in [3.8, 4) is 5.75 Å². The Labute approximate surface area is 197 Å². The van der Waals surface area contributed by atoms with Gasteiger partial charge >= 0.3 is 0 Å². The first-order chi connectivity index (χ1) is 15.9. The molecule has 0 aromatic heterocycles. The van der Waals surface area contributed by atoms with Gasteiger partial charge in [-0.3, -0.25) is 14.4 Å². The van der Waals surface area contributed by atoms with Crippen LogP contribution < -0.4 is 9.64 Å². The minimum atomic E-state index is -0.940. The number of amides is 3. The van der Waals surface area contributed by atoms with Crippen molar-refractivity contribution in [1.29, 1.82) is 0 Å². The predicted molar refractivity (Wildman–Crippen MR) is 126 cm³/mol. The molecule has 0 aliphatic carbocycles. The zero-order valence-electron chi connectivity index (χ0n) is 18.3. The van der Waals surface area contributed by atoms with Gasteiger partial charge in [0, 0.05) is 17.1 Å². The molecule has 0 spiro atoms.